The zero-order valence-electron chi connectivity index (χ0n) is 11.5. The number of anilines is 1. The van der Waals surface area contributed by atoms with Gasteiger partial charge in [0.15, 0.2) is 0 Å². The zero-order chi connectivity index (χ0) is 13.5. The number of nitrogens with two attached hydrogens (primary N) is 1. The van der Waals surface area contributed by atoms with Crippen molar-refractivity contribution in [3.05, 3.63) is 29.8 Å². The molecule has 3 heteroatoms. The van der Waals surface area contributed by atoms with E-state index >= 15 is 0 Å². The number of nitrogens with one attached hydrogen (secondary N) is 1. The monoisotopic (exact) mass is 258 g/mol. The van der Waals surface area contributed by atoms with Crippen molar-refractivity contribution in [3.63, 3.8) is 0 Å². The maximum Gasteiger partial charge on any atom is 0.230 e. The van der Waals surface area contributed by atoms with Crippen LogP contribution in [0.3, 0.4) is 0 Å². The van der Waals surface area contributed by atoms with Crippen molar-refractivity contribution in [2.45, 2.75) is 50.5 Å². The van der Waals surface area contributed by atoms with Crippen molar-refractivity contribution in [1.29, 1.82) is 0 Å². The molecule has 0 saturated heterocycles. The summed E-state index contributed by atoms with van der Waals surface area (Å²) in [6, 6.07) is 8.20. The second-order valence-corrected chi connectivity index (χ2v) is 6.07. The van der Waals surface area contributed by atoms with E-state index in [0.29, 0.717) is 6.04 Å². The highest BCUT2D eigenvalue weighted by Crippen LogP contribution is 2.49. The average Bonchev–Trinajstić information content (AvgIpc) is 3.27. The molecule has 0 radical (unpaired) electrons. The van der Waals surface area contributed by atoms with Crippen LogP contribution in [0.25, 0.3) is 0 Å². The Morgan fingerprint density at radius 2 is 2.05 bits per heavy atom. The fraction of sp³-hybridized carbons (Fsp3) is 0.562. The van der Waals surface area contributed by atoms with E-state index in [9.17, 15) is 4.79 Å². The van der Waals surface area contributed by atoms with E-state index in [2.05, 4.69) is 12.2 Å². The first-order chi connectivity index (χ1) is 9.15. The van der Waals surface area contributed by atoms with Gasteiger partial charge in [-0.25, -0.2) is 0 Å². The summed E-state index contributed by atoms with van der Waals surface area (Å²) in [5, 5.41) is 3.23. The highest BCUT2D eigenvalue weighted by molar-refractivity contribution is 5.91. The molecular weight excluding hydrogens is 236 g/mol. The molecule has 3 nitrogen and oxygen atoms in total. The lowest BCUT2D eigenvalue weighted by molar-refractivity contribution is -0.123. The summed E-state index contributed by atoms with van der Waals surface area (Å²) in [6.45, 7) is 2.20. The summed E-state index contributed by atoms with van der Waals surface area (Å²) in [6.07, 6.45) is 5.54. The fourth-order valence-electron chi connectivity index (χ4n) is 2.99. The van der Waals surface area contributed by atoms with E-state index in [0.717, 1.165) is 36.4 Å². The molecule has 2 fully saturated rings. The van der Waals surface area contributed by atoms with Crippen LogP contribution in [0, 0.1) is 5.92 Å². The topological polar surface area (TPSA) is 55.1 Å². The van der Waals surface area contributed by atoms with Crippen LogP contribution in [0.15, 0.2) is 24.3 Å². The third-order valence-electron chi connectivity index (χ3n) is 4.55. The maximum absolute atomic E-state index is 12.5. The molecule has 0 bridgehead atoms. The van der Waals surface area contributed by atoms with Gasteiger partial charge in [0.1, 0.15) is 0 Å². The minimum absolute atomic E-state index is 0.223. The SMILES string of the molecule is CCCC1CC1NC(=O)C1(c2ccc(N)cc2)CC1. The third kappa shape index (κ3) is 2.34. The van der Waals surface area contributed by atoms with Gasteiger partial charge >= 0.3 is 0 Å². The number of rotatable bonds is 5. The second kappa shape index (κ2) is 4.55. The molecule has 0 heterocycles. The molecular formula is C16H22N2O. The Labute approximate surface area is 114 Å². The largest absolute Gasteiger partial charge is 0.399 e. The molecule has 2 unspecified atom stereocenters. The van der Waals surface area contributed by atoms with Crippen molar-refractivity contribution in [2.75, 3.05) is 5.73 Å². The van der Waals surface area contributed by atoms with Crippen molar-refractivity contribution < 1.29 is 4.79 Å². The summed E-state index contributed by atoms with van der Waals surface area (Å²) in [4.78, 5) is 12.5. The molecule has 2 saturated carbocycles. The lowest BCUT2D eigenvalue weighted by Gasteiger charge is -2.16. The number of amides is 1. The smallest absolute Gasteiger partial charge is 0.230 e. The molecule has 0 aromatic heterocycles. The molecule has 102 valence electrons. The van der Waals surface area contributed by atoms with Crippen LogP contribution in [0.1, 0.15) is 44.6 Å². The number of benzene rings is 1. The first-order valence-corrected chi connectivity index (χ1v) is 7.33. The predicted molar refractivity (Wildman–Crippen MR) is 76.7 cm³/mol. The Morgan fingerprint density at radius 3 is 2.63 bits per heavy atom. The van der Waals surface area contributed by atoms with Crippen molar-refractivity contribution in [2.24, 2.45) is 5.92 Å². The Kier molecular flexibility index (Phi) is 3.00. The molecule has 1 aromatic rings. The van der Waals surface area contributed by atoms with Crippen LogP contribution in [0.5, 0.6) is 0 Å². The summed E-state index contributed by atoms with van der Waals surface area (Å²) in [7, 11) is 0. The Balaban J connectivity index is 1.65. The first kappa shape index (κ1) is 12.5. The Hall–Kier alpha value is -1.51. The second-order valence-electron chi connectivity index (χ2n) is 6.07. The molecule has 1 aromatic carbocycles. The number of carbonyl (C=O) groups is 1. The van der Waals surface area contributed by atoms with Crippen molar-refractivity contribution >= 4 is 11.6 Å². The summed E-state index contributed by atoms with van der Waals surface area (Å²) >= 11 is 0. The lowest BCUT2D eigenvalue weighted by atomic mass is 9.94. The summed E-state index contributed by atoms with van der Waals surface area (Å²) in [5.74, 6) is 0.942. The minimum Gasteiger partial charge on any atom is -0.399 e. The predicted octanol–water partition coefficient (Wildman–Crippen LogP) is 2.61. The van der Waals surface area contributed by atoms with Crippen LogP contribution >= 0.6 is 0 Å². The zero-order valence-corrected chi connectivity index (χ0v) is 11.5. The third-order valence-corrected chi connectivity index (χ3v) is 4.55. The number of nitrogen functional groups attached to an aromatic ring is 1. The van der Waals surface area contributed by atoms with Gasteiger partial charge in [-0.05, 0) is 49.3 Å². The molecule has 0 spiro atoms. The quantitative estimate of drug-likeness (QED) is 0.798. The van der Waals surface area contributed by atoms with E-state index < -0.39 is 0 Å². The van der Waals surface area contributed by atoms with Gasteiger partial charge in [-0.2, -0.15) is 0 Å². The fourth-order valence-corrected chi connectivity index (χ4v) is 2.99. The molecule has 3 rings (SSSR count). The average molecular weight is 258 g/mol. The van der Waals surface area contributed by atoms with Gasteiger partial charge in [-0.1, -0.05) is 25.5 Å². The van der Waals surface area contributed by atoms with Gasteiger partial charge in [0.2, 0.25) is 5.91 Å². The molecule has 3 N–H and O–H groups in total. The van der Waals surface area contributed by atoms with Gasteiger partial charge in [-0.3, -0.25) is 4.79 Å². The molecule has 2 atom stereocenters. The molecule has 19 heavy (non-hydrogen) atoms. The Bertz CT molecular complexity index is 476. The first-order valence-electron chi connectivity index (χ1n) is 7.33. The van der Waals surface area contributed by atoms with Crippen molar-refractivity contribution in [3.8, 4) is 0 Å². The van der Waals surface area contributed by atoms with Crippen LogP contribution in [-0.2, 0) is 10.2 Å². The number of carbonyl (C=O) groups excluding carboxylic acids is 1. The maximum atomic E-state index is 12.5. The van der Waals surface area contributed by atoms with E-state index in [4.69, 9.17) is 5.73 Å². The number of hydrogen-bond donors (Lipinski definition) is 2. The summed E-state index contributed by atoms with van der Waals surface area (Å²) in [5.41, 5.74) is 7.32. The molecule has 1 amide bonds. The van der Waals surface area contributed by atoms with Crippen LogP contribution in [-0.4, -0.2) is 11.9 Å². The van der Waals surface area contributed by atoms with Gasteiger partial charge in [0.25, 0.3) is 0 Å². The van der Waals surface area contributed by atoms with E-state index in [1.807, 2.05) is 24.3 Å². The van der Waals surface area contributed by atoms with Crippen LogP contribution in [0.2, 0.25) is 0 Å². The van der Waals surface area contributed by atoms with E-state index in [1.54, 1.807) is 0 Å². The van der Waals surface area contributed by atoms with Crippen molar-refractivity contribution in [1.82, 2.24) is 5.32 Å². The highest BCUT2D eigenvalue weighted by Gasteiger charge is 2.53. The van der Waals surface area contributed by atoms with E-state index in [-0.39, 0.29) is 11.3 Å². The Morgan fingerprint density at radius 1 is 1.37 bits per heavy atom. The van der Waals surface area contributed by atoms with Gasteiger partial charge in [-0.15, -0.1) is 0 Å². The molecule has 0 aliphatic heterocycles. The van der Waals surface area contributed by atoms with Gasteiger partial charge in [0, 0.05) is 11.7 Å². The minimum atomic E-state index is -0.257. The van der Waals surface area contributed by atoms with E-state index in [1.165, 1.54) is 12.8 Å². The molecule has 2 aliphatic carbocycles. The van der Waals surface area contributed by atoms with Gasteiger partial charge in [0.05, 0.1) is 5.41 Å². The normalized spacial score (nSPS) is 26.8. The van der Waals surface area contributed by atoms with Crippen LogP contribution in [0.4, 0.5) is 5.69 Å². The van der Waals surface area contributed by atoms with Gasteiger partial charge < -0.3 is 11.1 Å². The summed E-state index contributed by atoms with van der Waals surface area (Å²) < 4.78 is 0. The number of hydrogen-bond acceptors (Lipinski definition) is 2. The lowest BCUT2D eigenvalue weighted by Crippen LogP contribution is -2.36. The highest BCUT2D eigenvalue weighted by atomic mass is 16.2. The van der Waals surface area contributed by atoms with Crippen LogP contribution < -0.4 is 11.1 Å². The standard InChI is InChI=1S/C16H22N2O/c1-2-3-11-10-14(11)18-15(19)16(8-9-16)12-4-6-13(17)7-5-12/h4-7,11,14H,2-3,8-10,17H2,1H3,(H,18,19). The molecule has 2 aliphatic rings.